The SMILES string of the molecule is CC1C=CC2=C(C1)c1ccc(N(c3ccc(-c4ccccc4)cc3)c3ccc(-c4cccc5c4-c4ccccc4C54c5ccccc5-c5ccccc54)cc3)cc1C2(C)C. The highest BCUT2D eigenvalue weighted by Crippen LogP contribution is 2.64. The molecule has 1 nitrogen and oxygen atoms in total. The van der Waals surface area contributed by atoms with Gasteiger partial charge in [-0.05, 0) is 138 Å². The lowest BCUT2D eigenvalue weighted by Crippen LogP contribution is -2.25. The van der Waals surface area contributed by atoms with Gasteiger partial charge in [-0.2, -0.15) is 0 Å². The smallest absolute Gasteiger partial charge is 0.0725 e. The summed E-state index contributed by atoms with van der Waals surface area (Å²) >= 11 is 0. The zero-order chi connectivity index (χ0) is 40.2. The molecule has 0 radical (unpaired) electrons. The van der Waals surface area contributed by atoms with Gasteiger partial charge in [0.1, 0.15) is 0 Å². The minimum Gasteiger partial charge on any atom is -0.310 e. The second-order valence-corrected chi connectivity index (χ2v) is 17.7. The number of fused-ring (bicyclic) bond motifs is 12. The molecule has 1 spiro atoms. The predicted octanol–water partition coefficient (Wildman–Crippen LogP) is 15.5. The first-order valence-electron chi connectivity index (χ1n) is 21.5. The fourth-order valence-electron chi connectivity index (χ4n) is 11.4. The van der Waals surface area contributed by atoms with Gasteiger partial charge in [0.05, 0.1) is 5.41 Å². The maximum absolute atomic E-state index is 2.46. The average molecular weight is 768 g/mol. The Balaban J connectivity index is 0.995. The van der Waals surface area contributed by atoms with E-state index in [2.05, 4.69) is 226 Å². The van der Waals surface area contributed by atoms with Gasteiger partial charge in [0.25, 0.3) is 0 Å². The van der Waals surface area contributed by atoms with Crippen LogP contribution in [0.15, 0.2) is 206 Å². The minimum atomic E-state index is -0.360. The van der Waals surface area contributed by atoms with Gasteiger partial charge in [-0.1, -0.05) is 185 Å². The summed E-state index contributed by atoms with van der Waals surface area (Å²) in [6.45, 7) is 7.13. The normalized spacial score (nSPS) is 16.8. The molecular formula is C59H45N. The van der Waals surface area contributed by atoms with E-state index in [4.69, 9.17) is 0 Å². The van der Waals surface area contributed by atoms with Crippen molar-refractivity contribution in [2.75, 3.05) is 4.90 Å². The topological polar surface area (TPSA) is 3.24 Å². The molecule has 0 saturated carbocycles. The Kier molecular flexibility index (Phi) is 7.60. The quantitative estimate of drug-likeness (QED) is 0.169. The van der Waals surface area contributed by atoms with Crippen molar-refractivity contribution in [3.63, 3.8) is 0 Å². The van der Waals surface area contributed by atoms with Crippen LogP contribution in [0.2, 0.25) is 0 Å². The highest BCUT2D eigenvalue weighted by Gasteiger charge is 2.52. The maximum Gasteiger partial charge on any atom is 0.0725 e. The first kappa shape index (κ1) is 35.0. The van der Waals surface area contributed by atoms with Crippen molar-refractivity contribution in [2.45, 2.75) is 38.0 Å². The highest BCUT2D eigenvalue weighted by atomic mass is 15.1. The summed E-state index contributed by atoms with van der Waals surface area (Å²) in [5, 5.41) is 0. The molecule has 0 aliphatic heterocycles. The average Bonchev–Trinajstić information content (AvgIpc) is 3.85. The van der Waals surface area contributed by atoms with Gasteiger partial charge in [-0.15, -0.1) is 0 Å². The number of hydrogen-bond donors (Lipinski definition) is 0. The van der Waals surface area contributed by atoms with Crippen LogP contribution >= 0.6 is 0 Å². The van der Waals surface area contributed by atoms with E-state index in [1.165, 1.54) is 94.7 Å². The minimum absolute atomic E-state index is 0.0638. The van der Waals surface area contributed by atoms with Crippen LogP contribution in [0.1, 0.15) is 60.6 Å². The summed E-state index contributed by atoms with van der Waals surface area (Å²) in [5.41, 5.74) is 24.6. The fourth-order valence-corrected chi connectivity index (χ4v) is 11.4. The van der Waals surface area contributed by atoms with Gasteiger partial charge in [-0.3, -0.25) is 0 Å². The largest absolute Gasteiger partial charge is 0.310 e. The van der Waals surface area contributed by atoms with E-state index in [0.717, 1.165) is 17.8 Å². The van der Waals surface area contributed by atoms with E-state index in [1.54, 1.807) is 0 Å². The molecule has 0 amide bonds. The van der Waals surface area contributed by atoms with Crippen LogP contribution < -0.4 is 4.90 Å². The molecule has 1 unspecified atom stereocenters. The molecular weight excluding hydrogens is 723 g/mol. The number of benzene rings is 8. The third-order valence-corrected chi connectivity index (χ3v) is 14.1. The Morgan fingerprint density at radius 1 is 0.433 bits per heavy atom. The number of rotatable bonds is 5. The molecule has 1 heteroatoms. The van der Waals surface area contributed by atoms with E-state index in [0.29, 0.717) is 5.92 Å². The molecule has 286 valence electrons. The first-order chi connectivity index (χ1) is 29.4. The monoisotopic (exact) mass is 767 g/mol. The van der Waals surface area contributed by atoms with Crippen LogP contribution in [0, 0.1) is 5.92 Å². The first-order valence-corrected chi connectivity index (χ1v) is 21.5. The maximum atomic E-state index is 2.46. The predicted molar refractivity (Wildman–Crippen MR) is 251 cm³/mol. The van der Waals surface area contributed by atoms with E-state index >= 15 is 0 Å². The van der Waals surface area contributed by atoms with Gasteiger partial charge in [0.2, 0.25) is 0 Å². The second-order valence-electron chi connectivity index (χ2n) is 17.7. The van der Waals surface area contributed by atoms with Gasteiger partial charge in [-0.25, -0.2) is 0 Å². The van der Waals surface area contributed by atoms with Gasteiger partial charge in [0, 0.05) is 22.5 Å². The number of allylic oxidation sites excluding steroid dienone is 4. The Morgan fingerprint density at radius 2 is 0.950 bits per heavy atom. The molecule has 8 aromatic rings. The summed E-state index contributed by atoms with van der Waals surface area (Å²) in [4.78, 5) is 2.44. The lowest BCUT2D eigenvalue weighted by molar-refractivity contribution is 0.643. The number of anilines is 3. The van der Waals surface area contributed by atoms with Crippen LogP contribution in [-0.2, 0) is 10.8 Å². The molecule has 0 saturated heterocycles. The van der Waals surface area contributed by atoms with Crippen LogP contribution in [0.4, 0.5) is 17.1 Å². The van der Waals surface area contributed by atoms with E-state index in [1.807, 2.05) is 0 Å². The number of nitrogens with zero attached hydrogens (tertiary/aromatic N) is 1. The van der Waals surface area contributed by atoms with Gasteiger partial charge in [0.15, 0.2) is 0 Å². The molecule has 1 atom stereocenters. The van der Waals surface area contributed by atoms with Crippen LogP contribution in [-0.4, -0.2) is 0 Å². The number of hydrogen-bond acceptors (Lipinski definition) is 1. The zero-order valence-electron chi connectivity index (χ0n) is 34.3. The molecule has 0 fully saturated rings. The highest BCUT2D eigenvalue weighted by molar-refractivity contribution is 6.00. The molecule has 4 aliphatic carbocycles. The molecule has 8 aromatic carbocycles. The summed E-state index contributed by atoms with van der Waals surface area (Å²) < 4.78 is 0. The van der Waals surface area contributed by atoms with Crippen molar-refractivity contribution in [3.8, 4) is 44.5 Å². The Morgan fingerprint density at radius 3 is 1.62 bits per heavy atom. The van der Waals surface area contributed by atoms with Crippen molar-refractivity contribution in [1.82, 2.24) is 0 Å². The van der Waals surface area contributed by atoms with E-state index in [-0.39, 0.29) is 10.8 Å². The molecule has 0 bridgehead atoms. The van der Waals surface area contributed by atoms with Gasteiger partial charge < -0.3 is 4.90 Å². The summed E-state index contributed by atoms with van der Waals surface area (Å²) in [6, 6.07) is 70.4. The zero-order valence-corrected chi connectivity index (χ0v) is 34.3. The molecule has 0 aromatic heterocycles. The van der Waals surface area contributed by atoms with Crippen molar-refractivity contribution in [2.24, 2.45) is 5.92 Å². The standard InChI is InChI=1S/C59H45N/c1-38-24-35-51-50(36-38)48-34-33-44(37-56(48)58(51,2)3)60(42-29-25-40(26-30-42)39-14-5-4-6-15-39)43-31-27-41(28-32-43)45-19-13-23-55-57(45)49-18-9-12-22-54(49)59(55)52-20-10-7-16-46(52)47-17-8-11-21-53(47)59/h4-35,37-38H,36H2,1-3H3. The molecule has 0 heterocycles. The lowest BCUT2D eigenvalue weighted by Gasteiger charge is -2.30. The second kappa shape index (κ2) is 13.0. The molecule has 0 N–H and O–H groups in total. The van der Waals surface area contributed by atoms with Crippen LogP contribution in [0.25, 0.3) is 50.1 Å². The van der Waals surface area contributed by atoms with Crippen molar-refractivity contribution in [3.05, 3.63) is 239 Å². The molecule has 4 aliphatic rings. The summed E-state index contributed by atoms with van der Waals surface area (Å²) in [7, 11) is 0. The lowest BCUT2D eigenvalue weighted by atomic mass is 9.70. The van der Waals surface area contributed by atoms with Crippen molar-refractivity contribution >= 4 is 22.6 Å². The molecule has 12 rings (SSSR count). The Hall–Kier alpha value is -6.96. The van der Waals surface area contributed by atoms with Crippen LogP contribution in [0.5, 0.6) is 0 Å². The van der Waals surface area contributed by atoms with E-state index in [9.17, 15) is 0 Å². The van der Waals surface area contributed by atoms with Crippen molar-refractivity contribution in [1.29, 1.82) is 0 Å². The summed E-state index contributed by atoms with van der Waals surface area (Å²) in [6.07, 6.45) is 5.88. The van der Waals surface area contributed by atoms with E-state index < -0.39 is 0 Å². The fraction of sp³-hybridized carbons (Fsp3) is 0.119. The molecule has 60 heavy (non-hydrogen) atoms. The Bertz CT molecular complexity index is 3040. The third-order valence-electron chi connectivity index (χ3n) is 14.1. The summed E-state index contributed by atoms with van der Waals surface area (Å²) in [5.74, 6) is 0.554. The third kappa shape index (κ3) is 4.87. The van der Waals surface area contributed by atoms with Gasteiger partial charge >= 0.3 is 0 Å². The van der Waals surface area contributed by atoms with Crippen LogP contribution in [0.3, 0.4) is 0 Å². The van der Waals surface area contributed by atoms with Crippen molar-refractivity contribution < 1.29 is 0 Å². The Labute approximate surface area is 353 Å².